The van der Waals surface area contributed by atoms with Gasteiger partial charge in [0.2, 0.25) is 0 Å². The second-order valence-electron chi connectivity index (χ2n) is 6.33. The van der Waals surface area contributed by atoms with Crippen LogP contribution in [0.25, 0.3) is 0 Å². The largest absolute Gasteiger partial charge is 0.372 e. The SMILES string of the molecule is CCCNC(=O)C(=O)NCCc1ccc(N2CCCCCC2)cc1. The van der Waals surface area contributed by atoms with Gasteiger partial charge in [-0.15, -0.1) is 0 Å². The maximum Gasteiger partial charge on any atom is 0.309 e. The van der Waals surface area contributed by atoms with Gasteiger partial charge < -0.3 is 15.5 Å². The van der Waals surface area contributed by atoms with E-state index in [0.29, 0.717) is 13.1 Å². The van der Waals surface area contributed by atoms with Gasteiger partial charge in [0.25, 0.3) is 0 Å². The van der Waals surface area contributed by atoms with Crippen LogP contribution in [0.4, 0.5) is 5.69 Å². The summed E-state index contributed by atoms with van der Waals surface area (Å²) in [7, 11) is 0. The predicted molar refractivity (Wildman–Crippen MR) is 97.1 cm³/mol. The zero-order valence-corrected chi connectivity index (χ0v) is 14.6. The summed E-state index contributed by atoms with van der Waals surface area (Å²) in [5, 5.41) is 5.24. The van der Waals surface area contributed by atoms with E-state index in [2.05, 4.69) is 39.8 Å². The zero-order valence-electron chi connectivity index (χ0n) is 14.6. The van der Waals surface area contributed by atoms with Gasteiger partial charge in [-0.3, -0.25) is 9.59 Å². The molecule has 5 heteroatoms. The number of benzene rings is 1. The Hall–Kier alpha value is -2.04. The highest BCUT2D eigenvalue weighted by atomic mass is 16.2. The van der Waals surface area contributed by atoms with Crippen molar-refractivity contribution in [1.29, 1.82) is 0 Å². The third-order valence-corrected chi connectivity index (χ3v) is 4.35. The lowest BCUT2D eigenvalue weighted by Crippen LogP contribution is -2.40. The molecule has 2 rings (SSSR count). The molecular weight excluding hydrogens is 302 g/mol. The van der Waals surface area contributed by atoms with E-state index < -0.39 is 11.8 Å². The lowest BCUT2D eigenvalue weighted by atomic mass is 10.1. The second-order valence-corrected chi connectivity index (χ2v) is 6.33. The van der Waals surface area contributed by atoms with Gasteiger partial charge in [0.05, 0.1) is 0 Å². The monoisotopic (exact) mass is 331 g/mol. The maximum atomic E-state index is 11.6. The topological polar surface area (TPSA) is 61.4 Å². The zero-order chi connectivity index (χ0) is 17.2. The molecule has 1 heterocycles. The first-order valence-corrected chi connectivity index (χ1v) is 9.10. The molecule has 1 aliphatic rings. The first kappa shape index (κ1) is 18.3. The molecule has 0 aromatic heterocycles. The first-order valence-electron chi connectivity index (χ1n) is 9.10. The minimum absolute atomic E-state index is 0.474. The van der Waals surface area contributed by atoms with Crippen LogP contribution in [0.5, 0.6) is 0 Å². The van der Waals surface area contributed by atoms with Crippen molar-refractivity contribution in [3.8, 4) is 0 Å². The Kier molecular flexibility index (Phi) is 7.59. The minimum Gasteiger partial charge on any atom is -0.372 e. The Balaban J connectivity index is 1.75. The van der Waals surface area contributed by atoms with Crippen LogP contribution < -0.4 is 15.5 Å². The van der Waals surface area contributed by atoms with Crippen LogP contribution in [-0.4, -0.2) is 38.0 Å². The molecule has 24 heavy (non-hydrogen) atoms. The van der Waals surface area contributed by atoms with Gasteiger partial charge in [-0.05, 0) is 43.4 Å². The average molecular weight is 331 g/mol. The number of anilines is 1. The van der Waals surface area contributed by atoms with E-state index in [9.17, 15) is 9.59 Å². The van der Waals surface area contributed by atoms with Gasteiger partial charge in [-0.25, -0.2) is 0 Å². The summed E-state index contributed by atoms with van der Waals surface area (Å²) in [6.07, 6.45) is 6.76. The molecule has 1 saturated heterocycles. The fraction of sp³-hybridized carbons (Fsp3) is 0.579. The predicted octanol–water partition coefficient (Wildman–Crippen LogP) is 2.25. The molecule has 1 aliphatic heterocycles. The Morgan fingerprint density at radius 1 is 0.917 bits per heavy atom. The summed E-state index contributed by atoms with van der Waals surface area (Å²) < 4.78 is 0. The van der Waals surface area contributed by atoms with E-state index in [0.717, 1.165) is 25.9 Å². The van der Waals surface area contributed by atoms with E-state index in [1.807, 2.05) is 6.92 Å². The Morgan fingerprint density at radius 2 is 1.50 bits per heavy atom. The maximum absolute atomic E-state index is 11.6. The van der Waals surface area contributed by atoms with Gasteiger partial charge in [0.15, 0.2) is 0 Å². The van der Waals surface area contributed by atoms with Gasteiger partial charge in [-0.2, -0.15) is 0 Å². The molecule has 0 atom stereocenters. The highest BCUT2D eigenvalue weighted by Crippen LogP contribution is 2.20. The normalized spacial score (nSPS) is 14.8. The minimum atomic E-state index is -0.551. The lowest BCUT2D eigenvalue weighted by molar-refractivity contribution is -0.139. The van der Waals surface area contributed by atoms with E-state index in [1.165, 1.54) is 36.9 Å². The standard InChI is InChI=1S/C19H29N3O2/c1-2-12-20-18(23)19(24)21-13-11-16-7-9-17(10-8-16)22-14-5-3-4-6-15-22/h7-10H,2-6,11-15H2,1H3,(H,20,23)(H,21,24). The van der Waals surface area contributed by atoms with Crippen molar-refractivity contribution in [1.82, 2.24) is 10.6 Å². The van der Waals surface area contributed by atoms with Crippen LogP contribution in [0.3, 0.4) is 0 Å². The van der Waals surface area contributed by atoms with Crippen LogP contribution in [0.2, 0.25) is 0 Å². The molecule has 2 N–H and O–H groups in total. The third-order valence-electron chi connectivity index (χ3n) is 4.35. The van der Waals surface area contributed by atoms with Crippen molar-refractivity contribution < 1.29 is 9.59 Å². The number of nitrogens with one attached hydrogen (secondary N) is 2. The van der Waals surface area contributed by atoms with Crippen LogP contribution in [0, 0.1) is 0 Å². The third kappa shape index (κ3) is 5.87. The van der Waals surface area contributed by atoms with Crippen LogP contribution in [0.1, 0.15) is 44.6 Å². The van der Waals surface area contributed by atoms with Crippen molar-refractivity contribution in [3.63, 3.8) is 0 Å². The average Bonchev–Trinajstić information content (AvgIpc) is 2.89. The molecule has 0 aliphatic carbocycles. The van der Waals surface area contributed by atoms with Gasteiger partial charge in [-0.1, -0.05) is 31.9 Å². The molecule has 1 aromatic carbocycles. The summed E-state index contributed by atoms with van der Waals surface area (Å²) in [5.74, 6) is -1.10. The van der Waals surface area contributed by atoms with Crippen LogP contribution >= 0.6 is 0 Å². The molecule has 0 unspecified atom stereocenters. The van der Waals surface area contributed by atoms with Crippen LogP contribution in [-0.2, 0) is 16.0 Å². The quantitative estimate of drug-likeness (QED) is 0.786. The Bertz CT molecular complexity index is 520. The van der Waals surface area contributed by atoms with E-state index in [1.54, 1.807) is 0 Å². The number of carbonyl (C=O) groups excluding carboxylic acids is 2. The fourth-order valence-corrected chi connectivity index (χ4v) is 2.92. The van der Waals surface area contributed by atoms with Gasteiger partial charge in [0, 0.05) is 31.9 Å². The molecule has 132 valence electrons. The lowest BCUT2D eigenvalue weighted by Gasteiger charge is -2.22. The van der Waals surface area contributed by atoms with Crippen LogP contribution in [0.15, 0.2) is 24.3 Å². The molecule has 1 fully saturated rings. The number of carbonyl (C=O) groups is 2. The Labute approximate surface area is 144 Å². The summed E-state index contributed by atoms with van der Waals surface area (Å²) in [6, 6.07) is 8.56. The summed E-state index contributed by atoms with van der Waals surface area (Å²) in [4.78, 5) is 25.5. The van der Waals surface area contributed by atoms with Crippen molar-refractivity contribution >= 4 is 17.5 Å². The van der Waals surface area contributed by atoms with Gasteiger partial charge in [0.1, 0.15) is 0 Å². The first-order chi connectivity index (χ1) is 11.7. The highest BCUT2D eigenvalue weighted by Gasteiger charge is 2.12. The summed E-state index contributed by atoms with van der Waals surface area (Å²) in [5.41, 5.74) is 2.45. The molecule has 0 saturated carbocycles. The Morgan fingerprint density at radius 3 is 2.08 bits per heavy atom. The van der Waals surface area contributed by atoms with E-state index in [4.69, 9.17) is 0 Å². The number of hydrogen-bond acceptors (Lipinski definition) is 3. The van der Waals surface area contributed by atoms with Crippen molar-refractivity contribution in [2.75, 3.05) is 31.1 Å². The van der Waals surface area contributed by atoms with E-state index in [-0.39, 0.29) is 0 Å². The van der Waals surface area contributed by atoms with Crippen molar-refractivity contribution in [3.05, 3.63) is 29.8 Å². The number of amides is 2. The molecule has 2 amide bonds. The van der Waals surface area contributed by atoms with Gasteiger partial charge >= 0.3 is 11.8 Å². The molecule has 0 spiro atoms. The number of rotatable bonds is 6. The molecule has 1 aromatic rings. The smallest absolute Gasteiger partial charge is 0.309 e. The molecule has 0 bridgehead atoms. The molecular formula is C19H29N3O2. The number of nitrogens with zero attached hydrogens (tertiary/aromatic N) is 1. The molecule has 5 nitrogen and oxygen atoms in total. The second kappa shape index (κ2) is 9.96. The van der Waals surface area contributed by atoms with Crippen molar-refractivity contribution in [2.45, 2.75) is 45.4 Å². The summed E-state index contributed by atoms with van der Waals surface area (Å²) in [6.45, 7) is 5.24. The summed E-state index contributed by atoms with van der Waals surface area (Å²) >= 11 is 0. The molecule has 0 radical (unpaired) electrons. The highest BCUT2D eigenvalue weighted by molar-refractivity contribution is 6.35. The van der Waals surface area contributed by atoms with E-state index >= 15 is 0 Å². The number of hydrogen-bond donors (Lipinski definition) is 2. The van der Waals surface area contributed by atoms with Crippen molar-refractivity contribution in [2.24, 2.45) is 0 Å². The fourth-order valence-electron chi connectivity index (χ4n) is 2.92.